The van der Waals surface area contributed by atoms with E-state index in [2.05, 4.69) is 6.07 Å². The monoisotopic (exact) mass is 274 g/mol. The van der Waals surface area contributed by atoms with Gasteiger partial charge in [0, 0.05) is 24.1 Å². The predicted molar refractivity (Wildman–Crippen MR) is 75.1 cm³/mol. The summed E-state index contributed by atoms with van der Waals surface area (Å²) in [6.07, 6.45) is 3.18. The summed E-state index contributed by atoms with van der Waals surface area (Å²) in [4.78, 5) is 0. The average molecular weight is 275 g/mol. The fraction of sp³-hybridized carbons (Fsp3) is 0.571. The predicted octanol–water partition coefficient (Wildman–Crippen LogP) is 4.55. The first-order valence-corrected chi connectivity index (χ1v) is 7.05. The second-order valence-electron chi connectivity index (χ2n) is 4.19. The van der Waals surface area contributed by atoms with Gasteiger partial charge in [-0.1, -0.05) is 23.7 Å². The molecule has 0 bridgehead atoms. The Morgan fingerprint density at radius 2 is 2.18 bits per heavy atom. The van der Waals surface area contributed by atoms with E-state index in [1.807, 2.05) is 25.1 Å². The van der Waals surface area contributed by atoms with Crippen LogP contribution < -0.4 is 0 Å². The standard InChI is InChI=1S/C14H20Cl2O/c1-2-17-8-4-6-13(11-15)9-12-5-3-7-14(16)10-12/h3,5,7,10,13H,2,4,6,8-9,11H2,1H3. The summed E-state index contributed by atoms with van der Waals surface area (Å²) in [5.74, 6) is 1.20. The van der Waals surface area contributed by atoms with Crippen molar-refractivity contribution < 1.29 is 4.74 Å². The molecule has 1 atom stereocenters. The Kier molecular flexibility index (Phi) is 7.67. The topological polar surface area (TPSA) is 9.23 Å². The Labute approximate surface area is 114 Å². The highest BCUT2D eigenvalue weighted by Crippen LogP contribution is 2.18. The zero-order chi connectivity index (χ0) is 12.5. The largest absolute Gasteiger partial charge is 0.382 e. The fourth-order valence-corrected chi connectivity index (χ4v) is 2.33. The zero-order valence-corrected chi connectivity index (χ0v) is 11.8. The summed E-state index contributed by atoms with van der Waals surface area (Å²) < 4.78 is 5.33. The molecule has 0 spiro atoms. The van der Waals surface area contributed by atoms with Crippen molar-refractivity contribution in [2.75, 3.05) is 19.1 Å². The molecule has 1 rings (SSSR count). The molecule has 0 aliphatic carbocycles. The van der Waals surface area contributed by atoms with Crippen molar-refractivity contribution in [3.63, 3.8) is 0 Å². The van der Waals surface area contributed by atoms with Gasteiger partial charge in [-0.3, -0.25) is 0 Å². The molecule has 1 aromatic rings. The van der Waals surface area contributed by atoms with E-state index in [0.717, 1.165) is 37.5 Å². The van der Waals surface area contributed by atoms with E-state index in [9.17, 15) is 0 Å². The van der Waals surface area contributed by atoms with Crippen molar-refractivity contribution in [2.45, 2.75) is 26.2 Å². The normalized spacial score (nSPS) is 12.6. The SMILES string of the molecule is CCOCCCC(CCl)Cc1cccc(Cl)c1. The molecule has 96 valence electrons. The smallest absolute Gasteiger partial charge is 0.0466 e. The molecule has 1 unspecified atom stereocenters. The summed E-state index contributed by atoms with van der Waals surface area (Å²) in [7, 11) is 0. The molecule has 1 nitrogen and oxygen atoms in total. The highest BCUT2D eigenvalue weighted by atomic mass is 35.5. The first-order chi connectivity index (χ1) is 8.26. The molecule has 0 N–H and O–H groups in total. The molecule has 0 aliphatic rings. The Hall–Kier alpha value is -0.240. The van der Waals surface area contributed by atoms with E-state index in [4.69, 9.17) is 27.9 Å². The average Bonchev–Trinajstić information content (AvgIpc) is 2.33. The number of rotatable bonds is 8. The van der Waals surface area contributed by atoms with Gasteiger partial charge in [-0.05, 0) is 49.8 Å². The van der Waals surface area contributed by atoms with Gasteiger partial charge in [-0.25, -0.2) is 0 Å². The van der Waals surface area contributed by atoms with Crippen molar-refractivity contribution in [3.05, 3.63) is 34.9 Å². The lowest BCUT2D eigenvalue weighted by Gasteiger charge is -2.14. The van der Waals surface area contributed by atoms with E-state index in [1.54, 1.807) is 0 Å². The summed E-state index contributed by atoms with van der Waals surface area (Å²) in [5.41, 5.74) is 1.26. The zero-order valence-electron chi connectivity index (χ0n) is 10.3. The molecule has 0 saturated heterocycles. The Balaban J connectivity index is 2.35. The molecular weight excluding hydrogens is 255 g/mol. The highest BCUT2D eigenvalue weighted by molar-refractivity contribution is 6.30. The van der Waals surface area contributed by atoms with Crippen LogP contribution in [0.1, 0.15) is 25.3 Å². The Morgan fingerprint density at radius 1 is 1.35 bits per heavy atom. The molecule has 0 fully saturated rings. The van der Waals surface area contributed by atoms with Crippen LogP contribution in [-0.4, -0.2) is 19.1 Å². The minimum absolute atomic E-state index is 0.510. The maximum absolute atomic E-state index is 6.00. The molecule has 0 aromatic heterocycles. The number of hydrogen-bond donors (Lipinski definition) is 0. The fourth-order valence-electron chi connectivity index (χ4n) is 1.85. The van der Waals surface area contributed by atoms with Crippen molar-refractivity contribution >= 4 is 23.2 Å². The van der Waals surface area contributed by atoms with Crippen molar-refractivity contribution in [1.29, 1.82) is 0 Å². The molecule has 1 aromatic carbocycles. The molecule has 3 heteroatoms. The molecule has 0 aliphatic heterocycles. The van der Waals surface area contributed by atoms with Crippen molar-refractivity contribution in [1.82, 2.24) is 0 Å². The van der Waals surface area contributed by atoms with Crippen LogP contribution in [0.3, 0.4) is 0 Å². The van der Waals surface area contributed by atoms with Crippen LogP contribution in [0.2, 0.25) is 5.02 Å². The minimum atomic E-state index is 0.510. The van der Waals surface area contributed by atoms with Crippen LogP contribution in [0.4, 0.5) is 0 Å². The maximum Gasteiger partial charge on any atom is 0.0466 e. The molecule has 0 saturated carbocycles. The third-order valence-electron chi connectivity index (χ3n) is 2.74. The van der Waals surface area contributed by atoms with Crippen LogP contribution in [-0.2, 0) is 11.2 Å². The summed E-state index contributed by atoms with van der Waals surface area (Å²) >= 11 is 12.0. The first kappa shape index (κ1) is 14.8. The van der Waals surface area contributed by atoms with Gasteiger partial charge in [-0.15, -0.1) is 11.6 Å². The first-order valence-electron chi connectivity index (χ1n) is 6.14. The van der Waals surface area contributed by atoms with Gasteiger partial charge in [0.2, 0.25) is 0 Å². The van der Waals surface area contributed by atoms with E-state index >= 15 is 0 Å². The number of ether oxygens (including phenoxy) is 1. The third-order valence-corrected chi connectivity index (χ3v) is 3.41. The van der Waals surface area contributed by atoms with Gasteiger partial charge < -0.3 is 4.74 Å². The van der Waals surface area contributed by atoms with E-state index in [1.165, 1.54) is 5.56 Å². The maximum atomic E-state index is 6.00. The van der Waals surface area contributed by atoms with Crippen LogP contribution >= 0.6 is 23.2 Å². The quantitative estimate of drug-likeness (QED) is 0.499. The van der Waals surface area contributed by atoms with Gasteiger partial charge in [0.1, 0.15) is 0 Å². The minimum Gasteiger partial charge on any atom is -0.382 e. The van der Waals surface area contributed by atoms with E-state index in [0.29, 0.717) is 11.8 Å². The highest BCUT2D eigenvalue weighted by Gasteiger charge is 2.08. The molecule has 0 heterocycles. The molecule has 17 heavy (non-hydrogen) atoms. The number of alkyl halides is 1. The van der Waals surface area contributed by atoms with Gasteiger partial charge in [-0.2, -0.15) is 0 Å². The van der Waals surface area contributed by atoms with Gasteiger partial charge >= 0.3 is 0 Å². The Morgan fingerprint density at radius 3 is 2.82 bits per heavy atom. The van der Waals surface area contributed by atoms with Crippen LogP contribution in [0, 0.1) is 5.92 Å². The summed E-state index contributed by atoms with van der Waals surface area (Å²) in [5, 5.41) is 0.796. The summed E-state index contributed by atoms with van der Waals surface area (Å²) in [6.45, 7) is 3.64. The lowest BCUT2D eigenvalue weighted by Crippen LogP contribution is -2.08. The van der Waals surface area contributed by atoms with E-state index < -0.39 is 0 Å². The molecule has 0 radical (unpaired) electrons. The molecular formula is C14H20Cl2O. The van der Waals surface area contributed by atoms with Gasteiger partial charge in [0.05, 0.1) is 0 Å². The second kappa shape index (κ2) is 8.79. The Bertz CT molecular complexity index is 315. The van der Waals surface area contributed by atoms with Crippen LogP contribution in [0.15, 0.2) is 24.3 Å². The number of benzene rings is 1. The third kappa shape index (κ3) is 6.30. The van der Waals surface area contributed by atoms with Gasteiger partial charge in [0.25, 0.3) is 0 Å². The van der Waals surface area contributed by atoms with Crippen LogP contribution in [0.5, 0.6) is 0 Å². The number of hydrogen-bond acceptors (Lipinski definition) is 1. The lowest BCUT2D eigenvalue weighted by atomic mass is 9.97. The van der Waals surface area contributed by atoms with Crippen molar-refractivity contribution in [2.24, 2.45) is 5.92 Å². The second-order valence-corrected chi connectivity index (χ2v) is 4.94. The van der Waals surface area contributed by atoms with Crippen LogP contribution in [0.25, 0.3) is 0 Å². The molecule has 0 amide bonds. The van der Waals surface area contributed by atoms with E-state index in [-0.39, 0.29) is 0 Å². The lowest BCUT2D eigenvalue weighted by molar-refractivity contribution is 0.140. The summed E-state index contributed by atoms with van der Waals surface area (Å²) in [6, 6.07) is 8.01. The van der Waals surface area contributed by atoms with Gasteiger partial charge in [0.15, 0.2) is 0 Å². The van der Waals surface area contributed by atoms with Crippen molar-refractivity contribution in [3.8, 4) is 0 Å². The number of halogens is 2.